The zero-order valence-corrected chi connectivity index (χ0v) is 16.0. The van der Waals surface area contributed by atoms with E-state index in [0.29, 0.717) is 23.6 Å². The Bertz CT molecular complexity index is 1230. The van der Waals surface area contributed by atoms with Crippen molar-refractivity contribution in [3.8, 4) is 11.5 Å². The third kappa shape index (κ3) is 3.16. The molecule has 0 aliphatic heterocycles. The molecule has 1 heterocycles. The molecule has 5 nitrogen and oxygen atoms in total. The van der Waals surface area contributed by atoms with Gasteiger partial charge in [-0.25, -0.2) is 4.79 Å². The molecule has 1 aromatic heterocycles. The summed E-state index contributed by atoms with van der Waals surface area (Å²) < 4.78 is 16.2. The van der Waals surface area contributed by atoms with E-state index in [-0.39, 0.29) is 5.63 Å². The molecule has 0 radical (unpaired) electrons. The lowest BCUT2D eigenvalue weighted by Gasteiger charge is -2.15. The molecule has 1 N–H and O–H groups in total. The van der Waals surface area contributed by atoms with Crippen LogP contribution in [0.2, 0.25) is 0 Å². The Morgan fingerprint density at radius 1 is 0.964 bits per heavy atom. The fourth-order valence-electron chi connectivity index (χ4n) is 3.52. The maximum Gasteiger partial charge on any atom is 0.336 e. The Labute approximate surface area is 162 Å². The number of methoxy groups -OCH3 is 2. The molecule has 5 heteroatoms. The molecule has 0 spiro atoms. The molecule has 4 rings (SSSR count). The average Bonchev–Trinajstić information content (AvgIpc) is 2.71. The lowest BCUT2D eigenvalue weighted by Crippen LogP contribution is -2.07. The van der Waals surface area contributed by atoms with Crippen LogP contribution in [0.5, 0.6) is 11.5 Å². The van der Waals surface area contributed by atoms with Gasteiger partial charge in [0.25, 0.3) is 0 Å². The standard InChI is InChI=1S/C23H21NO4/c1-14-10-20(26-2)21(27-3)12-18(14)24-13-16-11-22(25)28-19-9-8-15-6-4-5-7-17(15)23(16)19/h4-12,24H,13H2,1-3H3. The van der Waals surface area contributed by atoms with Gasteiger partial charge in [0.2, 0.25) is 0 Å². The largest absolute Gasteiger partial charge is 0.493 e. The maximum atomic E-state index is 12.1. The van der Waals surface area contributed by atoms with Gasteiger partial charge in [-0.1, -0.05) is 30.3 Å². The second-order valence-electron chi connectivity index (χ2n) is 6.63. The van der Waals surface area contributed by atoms with E-state index in [9.17, 15) is 4.79 Å². The topological polar surface area (TPSA) is 60.7 Å². The van der Waals surface area contributed by atoms with Crippen LogP contribution in [0.1, 0.15) is 11.1 Å². The molecule has 0 bridgehead atoms. The van der Waals surface area contributed by atoms with Crippen molar-refractivity contribution in [3.63, 3.8) is 0 Å². The summed E-state index contributed by atoms with van der Waals surface area (Å²) in [6.45, 7) is 2.48. The van der Waals surface area contributed by atoms with Gasteiger partial charge in [0.15, 0.2) is 11.5 Å². The maximum absolute atomic E-state index is 12.1. The SMILES string of the molecule is COc1cc(C)c(NCc2cc(=O)oc3ccc4ccccc4c23)cc1OC. The summed E-state index contributed by atoms with van der Waals surface area (Å²) in [6.07, 6.45) is 0. The van der Waals surface area contributed by atoms with Crippen molar-refractivity contribution < 1.29 is 13.9 Å². The van der Waals surface area contributed by atoms with Crippen LogP contribution in [0.15, 0.2) is 63.8 Å². The predicted molar refractivity (Wildman–Crippen MR) is 112 cm³/mol. The molecule has 142 valence electrons. The van der Waals surface area contributed by atoms with Gasteiger partial charge in [-0.2, -0.15) is 0 Å². The van der Waals surface area contributed by atoms with Crippen LogP contribution in [0.3, 0.4) is 0 Å². The molecule has 28 heavy (non-hydrogen) atoms. The Morgan fingerprint density at radius 3 is 2.50 bits per heavy atom. The number of rotatable bonds is 5. The van der Waals surface area contributed by atoms with Crippen LogP contribution in [-0.2, 0) is 6.54 Å². The monoisotopic (exact) mass is 375 g/mol. The van der Waals surface area contributed by atoms with Crippen molar-refractivity contribution >= 4 is 27.4 Å². The minimum atomic E-state index is -0.358. The number of benzene rings is 3. The van der Waals surface area contributed by atoms with Crippen molar-refractivity contribution in [1.82, 2.24) is 0 Å². The number of nitrogens with one attached hydrogen (secondary N) is 1. The van der Waals surface area contributed by atoms with Crippen molar-refractivity contribution in [1.29, 1.82) is 0 Å². The van der Waals surface area contributed by atoms with Gasteiger partial charge in [-0.05, 0) is 41.0 Å². The summed E-state index contributed by atoms with van der Waals surface area (Å²) in [7, 11) is 3.23. The van der Waals surface area contributed by atoms with Crippen LogP contribution < -0.4 is 20.4 Å². The van der Waals surface area contributed by atoms with Gasteiger partial charge >= 0.3 is 5.63 Å². The smallest absolute Gasteiger partial charge is 0.336 e. The summed E-state index contributed by atoms with van der Waals surface area (Å²) in [6, 6.07) is 17.3. The number of aryl methyl sites for hydroxylation is 1. The summed E-state index contributed by atoms with van der Waals surface area (Å²) in [5.74, 6) is 1.33. The molecule has 0 aliphatic carbocycles. The third-order valence-corrected chi connectivity index (χ3v) is 4.91. The molecule has 0 fully saturated rings. The number of hydrogen-bond acceptors (Lipinski definition) is 5. The Hall–Kier alpha value is -3.47. The molecule has 0 saturated heterocycles. The molecular formula is C23H21NO4. The Kier molecular flexibility index (Phi) is 4.65. The minimum absolute atomic E-state index is 0.358. The first kappa shape index (κ1) is 17.9. The first-order valence-electron chi connectivity index (χ1n) is 9.01. The zero-order chi connectivity index (χ0) is 19.7. The van der Waals surface area contributed by atoms with E-state index in [1.807, 2.05) is 49.4 Å². The Balaban J connectivity index is 1.78. The predicted octanol–water partition coefficient (Wildman–Crippen LogP) is 4.88. The van der Waals surface area contributed by atoms with Crippen LogP contribution in [0, 0.1) is 6.92 Å². The normalized spacial score (nSPS) is 11.0. The second kappa shape index (κ2) is 7.27. The van der Waals surface area contributed by atoms with Gasteiger partial charge in [-0.3, -0.25) is 0 Å². The van der Waals surface area contributed by atoms with Crippen molar-refractivity contribution in [2.75, 3.05) is 19.5 Å². The number of ether oxygens (including phenoxy) is 2. The summed E-state index contributed by atoms with van der Waals surface area (Å²) in [5.41, 5.74) is 3.06. The molecule has 0 unspecified atom stereocenters. The summed E-state index contributed by atoms with van der Waals surface area (Å²) in [5, 5.41) is 6.53. The summed E-state index contributed by atoms with van der Waals surface area (Å²) in [4.78, 5) is 12.1. The molecule has 0 amide bonds. The van der Waals surface area contributed by atoms with Crippen LogP contribution in [-0.4, -0.2) is 14.2 Å². The van der Waals surface area contributed by atoms with Gasteiger partial charge in [0.1, 0.15) is 5.58 Å². The minimum Gasteiger partial charge on any atom is -0.493 e. The van der Waals surface area contributed by atoms with E-state index in [1.54, 1.807) is 20.3 Å². The van der Waals surface area contributed by atoms with E-state index in [4.69, 9.17) is 13.9 Å². The lowest BCUT2D eigenvalue weighted by molar-refractivity contribution is 0.355. The van der Waals surface area contributed by atoms with E-state index in [2.05, 4.69) is 11.4 Å². The first-order valence-corrected chi connectivity index (χ1v) is 9.01. The highest BCUT2D eigenvalue weighted by Gasteiger charge is 2.12. The quantitative estimate of drug-likeness (QED) is 0.398. The van der Waals surface area contributed by atoms with Crippen molar-refractivity contribution in [2.24, 2.45) is 0 Å². The highest BCUT2D eigenvalue weighted by molar-refractivity contribution is 6.07. The van der Waals surface area contributed by atoms with E-state index in [1.165, 1.54) is 0 Å². The molecule has 0 atom stereocenters. The molecule has 4 aromatic rings. The third-order valence-electron chi connectivity index (χ3n) is 4.91. The fraction of sp³-hybridized carbons (Fsp3) is 0.174. The van der Waals surface area contributed by atoms with Gasteiger partial charge in [0, 0.05) is 29.8 Å². The van der Waals surface area contributed by atoms with Gasteiger partial charge in [0.05, 0.1) is 14.2 Å². The first-order chi connectivity index (χ1) is 13.6. The second-order valence-corrected chi connectivity index (χ2v) is 6.63. The molecule has 0 aliphatic rings. The van der Waals surface area contributed by atoms with Crippen LogP contribution in [0.4, 0.5) is 5.69 Å². The number of fused-ring (bicyclic) bond motifs is 3. The molecular weight excluding hydrogens is 354 g/mol. The molecule has 3 aromatic carbocycles. The van der Waals surface area contributed by atoms with E-state index < -0.39 is 0 Å². The van der Waals surface area contributed by atoms with Gasteiger partial charge in [-0.15, -0.1) is 0 Å². The zero-order valence-electron chi connectivity index (χ0n) is 16.0. The number of hydrogen-bond donors (Lipinski definition) is 1. The highest BCUT2D eigenvalue weighted by Crippen LogP contribution is 2.34. The van der Waals surface area contributed by atoms with Crippen molar-refractivity contribution in [2.45, 2.75) is 13.5 Å². The lowest BCUT2D eigenvalue weighted by atomic mass is 10.0. The highest BCUT2D eigenvalue weighted by atomic mass is 16.5. The average molecular weight is 375 g/mol. The van der Waals surface area contributed by atoms with E-state index >= 15 is 0 Å². The molecule has 0 saturated carbocycles. The number of anilines is 1. The van der Waals surface area contributed by atoms with Crippen LogP contribution in [0.25, 0.3) is 21.7 Å². The Morgan fingerprint density at radius 2 is 1.71 bits per heavy atom. The summed E-state index contributed by atoms with van der Waals surface area (Å²) >= 11 is 0. The van der Waals surface area contributed by atoms with Crippen LogP contribution >= 0.6 is 0 Å². The van der Waals surface area contributed by atoms with E-state index in [0.717, 1.165) is 33.0 Å². The fourth-order valence-corrected chi connectivity index (χ4v) is 3.52. The van der Waals surface area contributed by atoms with Gasteiger partial charge < -0.3 is 19.2 Å². The van der Waals surface area contributed by atoms with Crippen molar-refractivity contribution in [3.05, 3.63) is 76.1 Å².